The van der Waals surface area contributed by atoms with Crippen LogP contribution >= 0.6 is 11.8 Å². The highest BCUT2D eigenvalue weighted by molar-refractivity contribution is 8.13. The monoisotopic (exact) mass is 447 g/mol. The van der Waals surface area contributed by atoms with Gasteiger partial charge in [-0.15, -0.1) is 0 Å². The number of nitrogens with one attached hydrogen (secondary N) is 1. The molecule has 1 N–H and O–H groups in total. The Hall–Kier alpha value is -2.94. The summed E-state index contributed by atoms with van der Waals surface area (Å²) in [6.07, 6.45) is 0.900. The Balaban J connectivity index is 1.52. The zero-order valence-electron chi connectivity index (χ0n) is 17.2. The smallest absolute Gasteiger partial charge is 0.285 e. The summed E-state index contributed by atoms with van der Waals surface area (Å²) < 4.78 is 26.9. The highest BCUT2D eigenvalue weighted by Crippen LogP contribution is 2.25. The number of rotatable bonds is 4. The van der Waals surface area contributed by atoms with Crippen molar-refractivity contribution in [2.24, 2.45) is 5.92 Å². The van der Waals surface area contributed by atoms with Gasteiger partial charge in [0.25, 0.3) is 11.1 Å². The number of anilines is 1. The second-order valence-electron chi connectivity index (χ2n) is 7.47. The van der Waals surface area contributed by atoms with E-state index < -0.39 is 17.5 Å². The van der Waals surface area contributed by atoms with Gasteiger partial charge in [-0.1, -0.05) is 0 Å². The number of thioether (sulfide) groups is 1. The summed E-state index contributed by atoms with van der Waals surface area (Å²) >= 11 is 1.10. The summed E-state index contributed by atoms with van der Waals surface area (Å²) in [7, 11) is 3.36. The maximum absolute atomic E-state index is 13.9. The molecule has 0 aromatic heterocycles. The van der Waals surface area contributed by atoms with E-state index in [0.29, 0.717) is 37.7 Å². The zero-order valence-corrected chi connectivity index (χ0v) is 18.0. The number of hydrogen-bond donors (Lipinski definition) is 1. The van der Waals surface area contributed by atoms with Crippen molar-refractivity contribution in [3.8, 4) is 0 Å². The molecule has 3 rings (SSSR count). The van der Waals surface area contributed by atoms with Crippen molar-refractivity contribution in [2.75, 3.05) is 32.5 Å². The maximum atomic E-state index is 13.9. The molecule has 0 atom stereocenters. The van der Waals surface area contributed by atoms with Crippen LogP contribution in [0.4, 0.5) is 19.3 Å². The highest BCUT2D eigenvalue weighted by Gasteiger charge is 2.29. The van der Waals surface area contributed by atoms with Crippen LogP contribution in [0, 0.1) is 17.6 Å². The molecule has 2 aromatic rings. The van der Waals surface area contributed by atoms with Gasteiger partial charge in [-0.25, -0.2) is 8.78 Å². The van der Waals surface area contributed by atoms with Crippen molar-refractivity contribution in [3.05, 3.63) is 59.7 Å². The summed E-state index contributed by atoms with van der Waals surface area (Å²) in [5, 5.41) is 2.77. The first-order chi connectivity index (χ1) is 14.7. The van der Waals surface area contributed by atoms with Gasteiger partial charge in [-0.05, 0) is 61.0 Å². The standard InChI is InChI=1S/C22H23F2N3O3S/c1-26(2)22(30)31-17-6-4-16(5-7-17)25-20(28)14-9-11-27(12-10-14)21(29)18-8-3-15(23)13-19(18)24/h3-8,13-14H,9-12H2,1-2H3,(H,25,28). The predicted molar refractivity (Wildman–Crippen MR) is 115 cm³/mol. The van der Waals surface area contributed by atoms with Crippen LogP contribution in [0.5, 0.6) is 0 Å². The number of benzene rings is 2. The first kappa shape index (κ1) is 22.7. The van der Waals surface area contributed by atoms with E-state index in [-0.39, 0.29) is 22.6 Å². The Morgan fingerprint density at radius 3 is 2.26 bits per heavy atom. The molecule has 2 aromatic carbocycles. The molecule has 0 bridgehead atoms. The molecule has 164 valence electrons. The SMILES string of the molecule is CN(C)C(=O)Sc1ccc(NC(=O)C2CCN(C(=O)c3ccc(F)cc3F)CC2)cc1. The first-order valence-electron chi connectivity index (χ1n) is 9.79. The van der Waals surface area contributed by atoms with Gasteiger partial charge in [0.1, 0.15) is 11.6 Å². The molecule has 3 amide bonds. The molecule has 0 unspecified atom stereocenters. The number of piperidine rings is 1. The molecule has 1 heterocycles. The Morgan fingerprint density at radius 2 is 1.68 bits per heavy atom. The second kappa shape index (κ2) is 9.91. The van der Waals surface area contributed by atoms with Crippen molar-refractivity contribution in [3.63, 3.8) is 0 Å². The number of carbonyl (C=O) groups is 3. The number of likely N-dealkylation sites (tertiary alicyclic amines) is 1. The van der Waals surface area contributed by atoms with Crippen molar-refractivity contribution in [1.29, 1.82) is 0 Å². The third kappa shape index (κ3) is 5.81. The number of carbonyl (C=O) groups excluding carboxylic acids is 3. The molecule has 6 nitrogen and oxygen atoms in total. The molecule has 1 aliphatic rings. The van der Waals surface area contributed by atoms with E-state index in [1.807, 2.05) is 0 Å². The summed E-state index contributed by atoms with van der Waals surface area (Å²) in [6.45, 7) is 0.631. The van der Waals surface area contributed by atoms with Crippen LogP contribution in [0.25, 0.3) is 0 Å². The van der Waals surface area contributed by atoms with Crippen LogP contribution in [0.15, 0.2) is 47.4 Å². The minimum absolute atomic E-state index is 0.0846. The molecule has 1 aliphatic heterocycles. The lowest BCUT2D eigenvalue weighted by molar-refractivity contribution is -0.121. The van der Waals surface area contributed by atoms with Crippen LogP contribution < -0.4 is 5.32 Å². The fourth-order valence-corrected chi connectivity index (χ4v) is 3.88. The zero-order chi connectivity index (χ0) is 22.5. The van der Waals surface area contributed by atoms with Crippen LogP contribution in [-0.2, 0) is 4.79 Å². The lowest BCUT2D eigenvalue weighted by Gasteiger charge is -2.31. The van der Waals surface area contributed by atoms with Gasteiger partial charge in [0, 0.05) is 49.8 Å². The summed E-state index contributed by atoms with van der Waals surface area (Å²) in [6, 6.07) is 9.88. The Bertz CT molecular complexity index is 974. The maximum Gasteiger partial charge on any atom is 0.285 e. The van der Waals surface area contributed by atoms with E-state index in [0.717, 1.165) is 28.8 Å². The number of hydrogen-bond acceptors (Lipinski definition) is 4. The Labute approximate surface area is 183 Å². The van der Waals surface area contributed by atoms with E-state index in [4.69, 9.17) is 0 Å². The first-order valence-corrected chi connectivity index (χ1v) is 10.6. The molecule has 0 saturated carbocycles. The Morgan fingerprint density at radius 1 is 1.03 bits per heavy atom. The molecule has 0 aliphatic carbocycles. The lowest BCUT2D eigenvalue weighted by Crippen LogP contribution is -2.41. The van der Waals surface area contributed by atoms with Crippen molar-refractivity contribution < 1.29 is 23.2 Å². The molecule has 9 heteroatoms. The number of halogens is 2. The molecule has 31 heavy (non-hydrogen) atoms. The molecule has 0 spiro atoms. The lowest BCUT2D eigenvalue weighted by atomic mass is 9.95. The summed E-state index contributed by atoms with van der Waals surface area (Å²) in [4.78, 5) is 40.5. The third-order valence-electron chi connectivity index (χ3n) is 5.01. The minimum atomic E-state index is -0.890. The molecular weight excluding hydrogens is 424 g/mol. The topological polar surface area (TPSA) is 69.7 Å². The van der Waals surface area contributed by atoms with E-state index in [1.165, 1.54) is 9.80 Å². The van der Waals surface area contributed by atoms with Gasteiger partial charge in [-0.2, -0.15) is 0 Å². The average molecular weight is 448 g/mol. The van der Waals surface area contributed by atoms with Crippen LogP contribution in [-0.4, -0.2) is 54.0 Å². The van der Waals surface area contributed by atoms with Gasteiger partial charge in [-0.3, -0.25) is 14.4 Å². The predicted octanol–water partition coefficient (Wildman–Crippen LogP) is 4.23. The van der Waals surface area contributed by atoms with Crippen molar-refractivity contribution in [1.82, 2.24) is 9.80 Å². The minimum Gasteiger partial charge on any atom is -0.339 e. The Kier molecular flexibility index (Phi) is 7.27. The number of nitrogens with zero attached hydrogens (tertiary/aromatic N) is 2. The summed E-state index contributed by atoms with van der Waals surface area (Å²) in [5.74, 6) is -2.55. The normalized spacial score (nSPS) is 14.3. The molecular formula is C22H23F2N3O3S. The quantitative estimate of drug-likeness (QED) is 0.713. The molecule has 1 saturated heterocycles. The van der Waals surface area contributed by atoms with Crippen LogP contribution in [0.3, 0.4) is 0 Å². The van der Waals surface area contributed by atoms with E-state index >= 15 is 0 Å². The van der Waals surface area contributed by atoms with Gasteiger partial charge >= 0.3 is 0 Å². The third-order valence-corrected chi connectivity index (χ3v) is 6.05. The van der Waals surface area contributed by atoms with E-state index in [9.17, 15) is 23.2 Å². The van der Waals surface area contributed by atoms with E-state index in [1.54, 1.807) is 38.4 Å². The van der Waals surface area contributed by atoms with E-state index in [2.05, 4.69) is 5.32 Å². The van der Waals surface area contributed by atoms with Gasteiger partial charge in [0.2, 0.25) is 5.91 Å². The fraction of sp³-hybridized carbons (Fsp3) is 0.318. The van der Waals surface area contributed by atoms with Crippen molar-refractivity contribution >= 4 is 34.5 Å². The molecule has 0 radical (unpaired) electrons. The average Bonchev–Trinajstić information content (AvgIpc) is 2.74. The fourth-order valence-electron chi connectivity index (χ4n) is 3.22. The van der Waals surface area contributed by atoms with Crippen molar-refractivity contribution in [2.45, 2.75) is 17.7 Å². The van der Waals surface area contributed by atoms with Gasteiger partial charge in [0.15, 0.2) is 0 Å². The highest BCUT2D eigenvalue weighted by atomic mass is 32.2. The molecule has 1 fully saturated rings. The van der Waals surface area contributed by atoms with Crippen LogP contribution in [0.2, 0.25) is 0 Å². The number of amides is 3. The largest absolute Gasteiger partial charge is 0.339 e. The second-order valence-corrected chi connectivity index (χ2v) is 8.49. The van der Waals surface area contributed by atoms with Crippen LogP contribution in [0.1, 0.15) is 23.2 Å². The van der Waals surface area contributed by atoms with Gasteiger partial charge < -0.3 is 15.1 Å². The van der Waals surface area contributed by atoms with Gasteiger partial charge in [0.05, 0.1) is 5.56 Å². The summed E-state index contributed by atoms with van der Waals surface area (Å²) in [5.41, 5.74) is 0.452.